The Hall–Kier alpha value is -4.36. The van der Waals surface area contributed by atoms with Crippen LogP contribution in [0.4, 0.5) is 8.78 Å². The molecule has 0 unspecified atom stereocenters. The molecular formula is C40H44Cl2F2N6O4. The van der Waals surface area contributed by atoms with Crippen molar-refractivity contribution in [1.82, 2.24) is 30.4 Å². The Kier molecular flexibility index (Phi) is 12.7. The van der Waals surface area contributed by atoms with Gasteiger partial charge in [-0.25, -0.2) is 8.78 Å². The van der Waals surface area contributed by atoms with Crippen molar-refractivity contribution in [2.45, 2.75) is 64.7 Å². The Balaban J connectivity index is 1.22. The maximum Gasteiger partial charge on any atom is 0.219 e. The van der Waals surface area contributed by atoms with Crippen LogP contribution in [0.15, 0.2) is 48.8 Å². The van der Waals surface area contributed by atoms with Crippen LogP contribution in [0.5, 0.6) is 11.5 Å². The molecule has 10 nitrogen and oxygen atoms in total. The van der Waals surface area contributed by atoms with Crippen molar-refractivity contribution in [3.8, 4) is 45.1 Å². The molecule has 0 radical (unpaired) electrons. The second kappa shape index (κ2) is 17.4. The van der Waals surface area contributed by atoms with E-state index in [1.165, 1.54) is 26.4 Å². The first-order chi connectivity index (χ1) is 26.0. The first-order valence-corrected chi connectivity index (χ1v) is 18.7. The average Bonchev–Trinajstić information content (AvgIpc) is 3.17. The van der Waals surface area contributed by atoms with Gasteiger partial charge in [-0.15, -0.1) is 0 Å². The quantitative estimate of drug-likeness (QED) is 0.164. The molecule has 6 rings (SSSR count). The van der Waals surface area contributed by atoms with Gasteiger partial charge >= 0.3 is 0 Å². The van der Waals surface area contributed by atoms with Gasteiger partial charge in [0, 0.05) is 111 Å². The highest BCUT2D eigenvalue weighted by molar-refractivity contribution is 6.39. The first-order valence-electron chi connectivity index (χ1n) is 18.0. The van der Waals surface area contributed by atoms with Gasteiger partial charge in [0.05, 0.1) is 35.7 Å². The molecule has 2 amide bonds. The van der Waals surface area contributed by atoms with Crippen LogP contribution in [0, 0.1) is 11.6 Å². The smallest absolute Gasteiger partial charge is 0.219 e. The Morgan fingerprint density at radius 1 is 0.704 bits per heavy atom. The number of rotatable bonds is 11. The Bertz CT molecular complexity index is 1880. The third kappa shape index (κ3) is 8.62. The summed E-state index contributed by atoms with van der Waals surface area (Å²) in [6.45, 7) is 6.29. The van der Waals surface area contributed by atoms with E-state index in [0.29, 0.717) is 82.4 Å². The number of hydrogen-bond acceptors (Lipinski definition) is 8. The van der Waals surface area contributed by atoms with E-state index in [2.05, 4.69) is 20.6 Å². The Morgan fingerprint density at radius 3 is 1.41 bits per heavy atom. The van der Waals surface area contributed by atoms with E-state index in [1.54, 1.807) is 50.5 Å². The number of nitrogens with one attached hydrogen (secondary N) is 2. The average molecular weight is 782 g/mol. The SMILES string of the molecule is COc1cc(-c2nccc(-c3ccnc(-c4cc(F)c(CNC5CCN(C(C)=O)CC5)c(OC)c4)c3Cl)c2Cl)cc(F)c1CNC1CCN(C(C)=O)CC1. The molecule has 0 atom stereocenters. The summed E-state index contributed by atoms with van der Waals surface area (Å²) in [5, 5.41) is 7.30. The molecule has 2 aromatic heterocycles. The van der Waals surface area contributed by atoms with Crippen LogP contribution >= 0.6 is 23.2 Å². The number of carbonyl (C=O) groups is 2. The molecular weight excluding hydrogens is 737 g/mol. The number of aromatic nitrogens is 2. The van der Waals surface area contributed by atoms with Gasteiger partial charge in [0.2, 0.25) is 11.8 Å². The van der Waals surface area contributed by atoms with E-state index in [1.807, 2.05) is 9.80 Å². The van der Waals surface area contributed by atoms with E-state index in [0.717, 1.165) is 25.7 Å². The predicted molar refractivity (Wildman–Crippen MR) is 206 cm³/mol. The minimum Gasteiger partial charge on any atom is -0.496 e. The number of halogens is 4. The van der Waals surface area contributed by atoms with Crippen molar-refractivity contribution in [1.29, 1.82) is 0 Å². The molecule has 2 aliphatic rings. The summed E-state index contributed by atoms with van der Waals surface area (Å²) in [5.41, 5.74) is 3.30. The molecule has 2 fully saturated rings. The third-order valence-corrected chi connectivity index (χ3v) is 11.1. The Labute approximate surface area is 324 Å². The standard InChI is InChI=1S/C40H44Cl2F2N6O4/c1-23(51)49-13-7-27(8-14-49)47-21-31-33(43)17-25(19-35(31)53-3)39-37(41)29(5-11-45-39)30-6-12-46-40(38(30)42)26-18-34(44)32(36(20-26)54-4)22-48-28-9-15-50(16-10-28)24(2)52/h5-6,11-12,17-20,27-28,47-48H,7-10,13-16,21-22H2,1-4H3. The molecule has 2 N–H and O–H groups in total. The number of hydrogen-bond donors (Lipinski definition) is 2. The number of nitrogens with zero attached hydrogens (tertiary/aromatic N) is 4. The van der Waals surface area contributed by atoms with Gasteiger partial charge in [-0.3, -0.25) is 19.6 Å². The van der Waals surface area contributed by atoms with Gasteiger partial charge in [-0.05, 0) is 62.1 Å². The van der Waals surface area contributed by atoms with Gasteiger partial charge in [0.1, 0.15) is 23.1 Å². The first kappa shape index (κ1) is 39.3. The predicted octanol–water partition coefficient (Wildman–Crippen LogP) is 7.28. The lowest BCUT2D eigenvalue weighted by Gasteiger charge is -2.32. The summed E-state index contributed by atoms with van der Waals surface area (Å²) < 4.78 is 42.7. The lowest BCUT2D eigenvalue weighted by Crippen LogP contribution is -2.44. The lowest BCUT2D eigenvalue weighted by atomic mass is 9.99. The summed E-state index contributed by atoms with van der Waals surface area (Å²) in [6.07, 6.45) is 6.25. The summed E-state index contributed by atoms with van der Waals surface area (Å²) >= 11 is 14.0. The molecule has 54 heavy (non-hydrogen) atoms. The zero-order chi connectivity index (χ0) is 38.5. The van der Waals surface area contributed by atoms with Crippen molar-refractivity contribution < 1.29 is 27.8 Å². The second-order valence-corrected chi connectivity index (χ2v) is 14.4. The van der Waals surface area contributed by atoms with Crippen molar-refractivity contribution in [2.75, 3.05) is 40.4 Å². The number of likely N-dealkylation sites (tertiary alicyclic amines) is 2. The van der Waals surface area contributed by atoms with Crippen molar-refractivity contribution in [3.05, 3.63) is 81.6 Å². The maximum atomic E-state index is 15.7. The van der Waals surface area contributed by atoms with Crippen LogP contribution in [0.3, 0.4) is 0 Å². The van der Waals surface area contributed by atoms with Crippen molar-refractivity contribution >= 4 is 35.0 Å². The van der Waals surface area contributed by atoms with Crippen LogP contribution < -0.4 is 20.1 Å². The van der Waals surface area contributed by atoms with E-state index in [-0.39, 0.29) is 47.0 Å². The number of pyridine rings is 2. The summed E-state index contributed by atoms with van der Waals surface area (Å²) in [6, 6.07) is 9.88. The second-order valence-electron chi connectivity index (χ2n) is 13.6. The molecule has 0 bridgehead atoms. The van der Waals surface area contributed by atoms with Crippen LogP contribution in [0.1, 0.15) is 50.7 Å². The number of amides is 2. The van der Waals surface area contributed by atoms with Gasteiger partial charge in [0.25, 0.3) is 0 Å². The summed E-state index contributed by atoms with van der Waals surface area (Å²) in [7, 11) is 2.97. The number of ether oxygens (including phenoxy) is 2. The van der Waals surface area contributed by atoms with Crippen LogP contribution in [0.2, 0.25) is 10.0 Å². The Morgan fingerprint density at radius 2 is 1.07 bits per heavy atom. The largest absolute Gasteiger partial charge is 0.496 e. The summed E-state index contributed by atoms with van der Waals surface area (Å²) in [5.74, 6) is -0.133. The van der Waals surface area contributed by atoms with Crippen molar-refractivity contribution in [3.63, 3.8) is 0 Å². The molecule has 2 saturated heterocycles. The van der Waals surface area contributed by atoms with Crippen LogP contribution in [-0.2, 0) is 22.7 Å². The molecule has 0 spiro atoms. The number of methoxy groups -OCH3 is 2. The molecule has 4 aromatic rings. The fraction of sp³-hybridized carbons (Fsp3) is 0.400. The molecule has 0 saturated carbocycles. The highest BCUT2D eigenvalue weighted by Crippen LogP contribution is 2.42. The highest BCUT2D eigenvalue weighted by Gasteiger charge is 2.25. The fourth-order valence-electron chi connectivity index (χ4n) is 7.20. The molecule has 2 aromatic carbocycles. The number of benzene rings is 2. The van der Waals surface area contributed by atoms with Gasteiger partial charge in [-0.1, -0.05) is 23.2 Å². The molecule has 286 valence electrons. The maximum absolute atomic E-state index is 15.7. The third-order valence-electron chi connectivity index (χ3n) is 10.4. The van der Waals surface area contributed by atoms with E-state index in [4.69, 9.17) is 32.7 Å². The number of carbonyl (C=O) groups excluding carboxylic acids is 2. The molecule has 0 aliphatic carbocycles. The molecule has 2 aliphatic heterocycles. The zero-order valence-corrected chi connectivity index (χ0v) is 32.3. The topological polar surface area (TPSA) is 109 Å². The van der Waals surface area contributed by atoms with Gasteiger partial charge in [-0.2, -0.15) is 0 Å². The fourth-order valence-corrected chi connectivity index (χ4v) is 7.84. The van der Waals surface area contributed by atoms with Crippen LogP contribution in [-0.4, -0.2) is 84.1 Å². The normalized spacial score (nSPS) is 15.4. The van der Waals surface area contributed by atoms with Crippen molar-refractivity contribution in [2.24, 2.45) is 0 Å². The van der Waals surface area contributed by atoms with Gasteiger partial charge in [0.15, 0.2) is 0 Å². The zero-order valence-electron chi connectivity index (χ0n) is 30.8. The molecule has 4 heterocycles. The van der Waals surface area contributed by atoms with E-state index < -0.39 is 11.6 Å². The lowest BCUT2D eigenvalue weighted by molar-refractivity contribution is -0.130. The van der Waals surface area contributed by atoms with E-state index in [9.17, 15) is 9.59 Å². The minimum absolute atomic E-state index is 0.0606. The molecule has 14 heteroatoms. The monoisotopic (exact) mass is 780 g/mol. The van der Waals surface area contributed by atoms with Crippen LogP contribution in [0.25, 0.3) is 33.6 Å². The number of piperidine rings is 2. The highest BCUT2D eigenvalue weighted by atomic mass is 35.5. The van der Waals surface area contributed by atoms with E-state index >= 15 is 8.78 Å². The summed E-state index contributed by atoms with van der Waals surface area (Å²) in [4.78, 5) is 36.0. The minimum atomic E-state index is -0.474. The van der Waals surface area contributed by atoms with Gasteiger partial charge < -0.3 is 29.9 Å².